The number of likely N-dealkylation sites (tertiary alicyclic amines) is 1. The van der Waals surface area contributed by atoms with Gasteiger partial charge < -0.3 is 10.1 Å². The monoisotopic (exact) mass is 348 g/mol. The number of carboxylic acids is 1. The quantitative estimate of drug-likeness (QED) is 0.709. The zero-order valence-corrected chi connectivity index (χ0v) is 14.8. The Labute approximate surface area is 153 Å². The third-order valence-electron chi connectivity index (χ3n) is 5.32. The van der Waals surface area contributed by atoms with E-state index in [1.165, 1.54) is 12.8 Å². The van der Waals surface area contributed by atoms with Crippen LogP contribution in [0.3, 0.4) is 0 Å². The van der Waals surface area contributed by atoms with Crippen molar-refractivity contribution in [1.29, 1.82) is 0 Å². The van der Waals surface area contributed by atoms with E-state index in [9.17, 15) is 9.90 Å². The predicted molar refractivity (Wildman–Crippen MR) is 104 cm³/mol. The van der Waals surface area contributed by atoms with E-state index in [1.807, 2.05) is 54.6 Å². The lowest BCUT2D eigenvalue weighted by molar-refractivity contribution is -0.143. The van der Waals surface area contributed by atoms with Crippen molar-refractivity contribution in [2.24, 2.45) is 0 Å². The van der Waals surface area contributed by atoms with Crippen molar-refractivity contribution >= 4 is 16.9 Å². The highest BCUT2D eigenvalue weighted by atomic mass is 16.4. The summed E-state index contributed by atoms with van der Waals surface area (Å²) in [5.41, 5.74) is 3.83. The molecule has 0 unspecified atom stereocenters. The molecule has 1 fully saturated rings. The van der Waals surface area contributed by atoms with Gasteiger partial charge in [0, 0.05) is 16.5 Å². The highest BCUT2D eigenvalue weighted by Crippen LogP contribution is 2.38. The molecule has 1 aliphatic heterocycles. The van der Waals surface area contributed by atoms with E-state index in [0.29, 0.717) is 0 Å². The molecule has 1 aliphatic rings. The van der Waals surface area contributed by atoms with Gasteiger partial charge in [0.2, 0.25) is 0 Å². The number of aliphatic carboxylic acids is 1. The van der Waals surface area contributed by atoms with E-state index in [2.05, 4.69) is 9.88 Å². The molecular weight excluding hydrogens is 324 g/mol. The van der Waals surface area contributed by atoms with E-state index in [0.717, 1.165) is 53.7 Å². The van der Waals surface area contributed by atoms with Gasteiger partial charge in [0.25, 0.3) is 0 Å². The normalized spacial score (nSPS) is 17.1. The number of nitrogens with one attached hydrogen (secondary N) is 1. The number of benzene rings is 2. The van der Waals surface area contributed by atoms with Gasteiger partial charge in [0.05, 0.1) is 5.69 Å². The molecule has 0 aliphatic carbocycles. The summed E-state index contributed by atoms with van der Waals surface area (Å²) in [7, 11) is 0. The number of carbonyl (C=O) groups is 1. The first-order valence-electron chi connectivity index (χ1n) is 9.38. The highest BCUT2D eigenvalue weighted by molar-refractivity contribution is 5.95. The van der Waals surface area contributed by atoms with Gasteiger partial charge in [-0.05, 0) is 37.6 Å². The van der Waals surface area contributed by atoms with E-state index in [-0.39, 0.29) is 0 Å². The van der Waals surface area contributed by atoms with Gasteiger partial charge in [-0.2, -0.15) is 0 Å². The highest BCUT2D eigenvalue weighted by Gasteiger charge is 2.32. The molecule has 2 heterocycles. The number of hydrogen-bond acceptors (Lipinski definition) is 2. The van der Waals surface area contributed by atoms with Gasteiger partial charge in [0.1, 0.15) is 6.04 Å². The summed E-state index contributed by atoms with van der Waals surface area (Å²) < 4.78 is 0. The molecule has 4 rings (SSSR count). The molecule has 0 saturated carbocycles. The van der Waals surface area contributed by atoms with Crippen molar-refractivity contribution in [3.8, 4) is 11.3 Å². The minimum atomic E-state index is -0.770. The summed E-state index contributed by atoms with van der Waals surface area (Å²) in [5, 5.41) is 11.2. The van der Waals surface area contributed by atoms with E-state index in [4.69, 9.17) is 0 Å². The second-order valence-electron chi connectivity index (χ2n) is 7.02. The molecule has 134 valence electrons. The Morgan fingerprint density at radius 2 is 1.58 bits per heavy atom. The van der Waals surface area contributed by atoms with Crippen LogP contribution in [0.15, 0.2) is 54.6 Å². The van der Waals surface area contributed by atoms with Crippen LogP contribution in [0.1, 0.15) is 37.3 Å². The number of aromatic amines is 1. The minimum Gasteiger partial charge on any atom is -0.480 e. The van der Waals surface area contributed by atoms with Gasteiger partial charge in [-0.25, -0.2) is 0 Å². The van der Waals surface area contributed by atoms with Crippen molar-refractivity contribution in [3.05, 3.63) is 60.2 Å². The summed E-state index contributed by atoms with van der Waals surface area (Å²) in [6, 6.07) is 17.4. The number of carboxylic acid groups (broad SMARTS) is 1. The Kier molecular flexibility index (Phi) is 4.76. The number of H-pyrrole nitrogens is 1. The second-order valence-corrected chi connectivity index (χ2v) is 7.02. The molecule has 0 amide bonds. The minimum absolute atomic E-state index is 0.626. The first-order valence-corrected chi connectivity index (χ1v) is 9.38. The zero-order chi connectivity index (χ0) is 17.9. The van der Waals surface area contributed by atoms with Crippen LogP contribution in [0.4, 0.5) is 0 Å². The van der Waals surface area contributed by atoms with Crippen LogP contribution in [-0.4, -0.2) is 34.0 Å². The van der Waals surface area contributed by atoms with Crippen LogP contribution in [0, 0.1) is 0 Å². The van der Waals surface area contributed by atoms with Crippen molar-refractivity contribution in [2.75, 3.05) is 13.1 Å². The molecule has 4 nitrogen and oxygen atoms in total. The maximum Gasteiger partial charge on any atom is 0.325 e. The molecule has 2 aromatic carbocycles. The number of rotatable bonds is 4. The maximum atomic E-state index is 12.4. The number of aromatic nitrogens is 1. The van der Waals surface area contributed by atoms with Crippen LogP contribution in [0.2, 0.25) is 0 Å². The number of nitrogens with zero attached hydrogens (tertiary/aromatic N) is 1. The third kappa shape index (κ3) is 3.13. The number of para-hydroxylation sites is 1. The average molecular weight is 348 g/mol. The second kappa shape index (κ2) is 7.34. The molecule has 3 aromatic rings. The average Bonchev–Trinajstić information content (AvgIpc) is 2.84. The Balaban J connectivity index is 1.91. The molecule has 2 N–H and O–H groups in total. The standard InChI is InChI=1S/C22H24N2O2/c25-22(26)21(24-14-8-1-2-9-15-24)19-17-12-6-7-13-18(17)23-20(19)16-10-4-3-5-11-16/h3-7,10-13,21,23H,1-2,8-9,14-15H2,(H,25,26)/t21-/m1/s1. The van der Waals surface area contributed by atoms with Crippen molar-refractivity contribution in [1.82, 2.24) is 9.88 Å². The predicted octanol–water partition coefficient (Wildman–Crippen LogP) is 4.84. The SMILES string of the molecule is O=C(O)[C@@H](c1c(-c2ccccc2)[nH]c2ccccc12)N1CCCCCC1. The molecule has 0 radical (unpaired) electrons. The maximum absolute atomic E-state index is 12.4. The summed E-state index contributed by atoms with van der Waals surface area (Å²) in [4.78, 5) is 18.0. The van der Waals surface area contributed by atoms with E-state index < -0.39 is 12.0 Å². The largest absolute Gasteiger partial charge is 0.480 e. The van der Waals surface area contributed by atoms with E-state index in [1.54, 1.807) is 0 Å². The first kappa shape index (κ1) is 16.9. The van der Waals surface area contributed by atoms with Gasteiger partial charge in [-0.15, -0.1) is 0 Å². The summed E-state index contributed by atoms with van der Waals surface area (Å²) in [6.07, 6.45) is 4.49. The van der Waals surface area contributed by atoms with Gasteiger partial charge in [0.15, 0.2) is 0 Å². The fraction of sp³-hybridized carbons (Fsp3) is 0.318. The lowest BCUT2D eigenvalue weighted by atomic mass is 9.97. The first-order chi connectivity index (χ1) is 12.8. The molecule has 1 aromatic heterocycles. The van der Waals surface area contributed by atoms with E-state index >= 15 is 0 Å². The Bertz CT molecular complexity index is 893. The topological polar surface area (TPSA) is 56.3 Å². The lowest BCUT2D eigenvalue weighted by Gasteiger charge is -2.28. The zero-order valence-electron chi connectivity index (χ0n) is 14.8. The van der Waals surface area contributed by atoms with Crippen molar-refractivity contribution in [2.45, 2.75) is 31.7 Å². The molecule has 1 saturated heterocycles. The van der Waals surface area contributed by atoms with Gasteiger partial charge in [-0.3, -0.25) is 9.69 Å². The fourth-order valence-corrected chi connectivity index (χ4v) is 4.10. The van der Waals surface area contributed by atoms with Crippen LogP contribution < -0.4 is 0 Å². The van der Waals surface area contributed by atoms with Crippen LogP contribution >= 0.6 is 0 Å². The number of fused-ring (bicyclic) bond motifs is 1. The smallest absolute Gasteiger partial charge is 0.325 e. The Hall–Kier alpha value is -2.59. The number of hydrogen-bond donors (Lipinski definition) is 2. The van der Waals surface area contributed by atoms with Crippen molar-refractivity contribution in [3.63, 3.8) is 0 Å². The molecule has 4 heteroatoms. The summed E-state index contributed by atoms with van der Waals surface area (Å²) >= 11 is 0. The molecule has 0 bridgehead atoms. The summed E-state index contributed by atoms with van der Waals surface area (Å²) in [5.74, 6) is -0.770. The van der Waals surface area contributed by atoms with Crippen molar-refractivity contribution < 1.29 is 9.90 Å². The molecule has 26 heavy (non-hydrogen) atoms. The summed E-state index contributed by atoms with van der Waals surface area (Å²) in [6.45, 7) is 1.68. The van der Waals surface area contributed by atoms with Gasteiger partial charge >= 0.3 is 5.97 Å². The third-order valence-corrected chi connectivity index (χ3v) is 5.32. The van der Waals surface area contributed by atoms with Crippen LogP contribution in [-0.2, 0) is 4.79 Å². The van der Waals surface area contributed by atoms with Crippen LogP contribution in [0.25, 0.3) is 22.2 Å². The Morgan fingerprint density at radius 1 is 0.923 bits per heavy atom. The lowest BCUT2D eigenvalue weighted by Crippen LogP contribution is -2.35. The Morgan fingerprint density at radius 3 is 2.27 bits per heavy atom. The molecule has 0 spiro atoms. The van der Waals surface area contributed by atoms with Crippen LogP contribution in [0.5, 0.6) is 0 Å². The van der Waals surface area contributed by atoms with Gasteiger partial charge in [-0.1, -0.05) is 61.4 Å². The fourth-order valence-electron chi connectivity index (χ4n) is 4.10. The molecular formula is C22H24N2O2. The molecule has 1 atom stereocenters.